The minimum Gasteiger partial charge on any atom is -0.383 e. The van der Waals surface area contributed by atoms with E-state index in [1.807, 2.05) is 27.7 Å². The molecule has 0 aromatic carbocycles. The summed E-state index contributed by atoms with van der Waals surface area (Å²) in [5.41, 5.74) is 0. The Morgan fingerprint density at radius 3 is 1.87 bits per heavy atom. The van der Waals surface area contributed by atoms with Gasteiger partial charge in [0.15, 0.2) is 0 Å². The Labute approximate surface area is 194 Å². The number of carbonyl (C=O) groups excluding carboxylic acids is 1. The van der Waals surface area contributed by atoms with Gasteiger partial charge in [-0.05, 0) is 53.2 Å². The van der Waals surface area contributed by atoms with E-state index < -0.39 is 0 Å². The van der Waals surface area contributed by atoms with E-state index in [1.54, 1.807) is 21.3 Å². The molecule has 2 aliphatic heterocycles. The number of methoxy groups -OCH3 is 2. The summed E-state index contributed by atoms with van der Waals surface area (Å²) in [6.07, 6.45) is 5.21. The lowest BCUT2D eigenvalue weighted by molar-refractivity contribution is -0.117. The van der Waals surface area contributed by atoms with Crippen molar-refractivity contribution in [2.75, 3.05) is 80.9 Å². The second-order valence-electron chi connectivity index (χ2n) is 7.45. The molecule has 2 heterocycles. The molecule has 0 aromatic rings. The van der Waals surface area contributed by atoms with Crippen molar-refractivity contribution in [3.63, 3.8) is 0 Å². The molecule has 2 saturated heterocycles. The molecule has 0 N–H and O–H groups in total. The summed E-state index contributed by atoms with van der Waals surface area (Å²) in [6.45, 7) is 20.2. The topological polar surface area (TPSA) is 54.5 Å². The molecule has 7 heteroatoms. The van der Waals surface area contributed by atoms with Crippen LogP contribution < -0.4 is 0 Å². The molecule has 190 valence electrons. The SMILES string of the molecule is CC.CC.CC(C)N1CCCC1.COCCN(C)C=O.COCCOC1CCN(C)C1. The van der Waals surface area contributed by atoms with Crippen molar-refractivity contribution in [2.45, 2.75) is 73.0 Å². The second kappa shape index (κ2) is 27.3. The molecule has 0 radical (unpaired) electrons. The van der Waals surface area contributed by atoms with Crippen molar-refractivity contribution in [1.29, 1.82) is 0 Å². The average Bonchev–Trinajstić information content (AvgIpc) is 3.48. The number of likely N-dealkylation sites (N-methyl/N-ethyl adjacent to an activating group) is 2. The van der Waals surface area contributed by atoms with Gasteiger partial charge in [-0.1, -0.05) is 27.7 Å². The molecule has 0 aromatic heterocycles. The zero-order chi connectivity index (χ0) is 24.5. The van der Waals surface area contributed by atoms with Crippen LogP contribution in [-0.2, 0) is 19.0 Å². The predicted octanol–water partition coefficient (Wildman–Crippen LogP) is 3.62. The summed E-state index contributed by atoms with van der Waals surface area (Å²) in [5.74, 6) is 0. The van der Waals surface area contributed by atoms with Gasteiger partial charge in [-0.3, -0.25) is 4.79 Å². The number of hydrogen-bond acceptors (Lipinski definition) is 6. The molecule has 2 fully saturated rings. The lowest BCUT2D eigenvalue weighted by Gasteiger charge is -2.18. The summed E-state index contributed by atoms with van der Waals surface area (Å²) in [6, 6.07) is 0.775. The molecule has 2 rings (SSSR count). The molecule has 0 spiro atoms. The molecule has 0 bridgehead atoms. The second-order valence-corrected chi connectivity index (χ2v) is 7.45. The summed E-state index contributed by atoms with van der Waals surface area (Å²) in [5, 5.41) is 0. The maximum atomic E-state index is 9.88. The van der Waals surface area contributed by atoms with Gasteiger partial charge in [-0.2, -0.15) is 0 Å². The summed E-state index contributed by atoms with van der Waals surface area (Å²) in [7, 11) is 7.15. The van der Waals surface area contributed by atoms with E-state index in [-0.39, 0.29) is 0 Å². The molecule has 7 nitrogen and oxygen atoms in total. The van der Waals surface area contributed by atoms with Crippen molar-refractivity contribution in [1.82, 2.24) is 14.7 Å². The normalized spacial score (nSPS) is 17.8. The highest BCUT2D eigenvalue weighted by atomic mass is 16.5. The Morgan fingerprint density at radius 2 is 1.52 bits per heavy atom. The molecule has 0 aliphatic carbocycles. The minimum atomic E-state index is 0.440. The first-order valence-electron chi connectivity index (χ1n) is 12.1. The summed E-state index contributed by atoms with van der Waals surface area (Å²) < 4.78 is 15.2. The maximum Gasteiger partial charge on any atom is 0.209 e. The predicted molar refractivity (Wildman–Crippen MR) is 133 cm³/mol. The Bertz CT molecular complexity index is 341. The van der Waals surface area contributed by atoms with Gasteiger partial charge in [0.05, 0.1) is 25.9 Å². The molecular formula is C24H55N3O4. The smallest absolute Gasteiger partial charge is 0.209 e. The molecule has 31 heavy (non-hydrogen) atoms. The maximum absolute atomic E-state index is 9.88. The number of likely N-dealkylation sites (tertiary alicyclic amines) is 2. The van der Waals surface area contributed by atoms with E-state index in [0.717, 1.165) is 32.1 Å². The van der Waals surface area contributed by atoms with Gasteiger partial charge >= 0.3 is 0 Å². The van der Waals surface area contributed by atoms with Crippen LogP contribution >= 0.6 is 0 Å². The summed E-state index contributed by atoms with van der Waals surface area (Å²) in [4.78, 5) is 16.2. The average molecular weight is 450 g/mol. The molecule has 1 atom stereocenters. The third-order valence-electron chi connectivity index (χ3n) is 4.69. The van der Waals surface area contributed by atoms with Crippen molar-refractivity contribution in [3.05, 3.63) is 0 Å². The van der Waals surface area contributed by atoms with Crippen LogP contribution in [0.15, 0.2) is 0 Å². The van der Waals surface area contributed by atoms with Gasteiger partial charge in [-0.25, -0.2) is 0 Å². The van der Waals surface area contributed by atoms with Crippen LogP contribution in [-0.4, -0.2) is 114 Å². The third-order valence-corrected chi connectivity index (χ3v) is 4.69. The standard InChI is InChI=1S/C8H17NO2.C7H15N.C5H11NO2.2C2H6/c1-9-4-3-8(7-9)11-6-5-10-2;1-7(2)8-5-3-4-6-8;1-6(5-7)3-4-8-2;2*1-2/h8H,3-7H2,1-2H3;7H,3-6H2,1-2H3;5H,3-4H2,1-2H3;2*1-2H3. The molecule has 1 amide bonds. The summed E-state index contributed by atoms with van der Waals surface area (Å²) >= 11 is 0. The molecular weight excluding hydrogens is 394 g/mol. The highest BCUT2D eigenvalue weighted by Gasteiger charge is 2.19. The van der Waals surface area contributed by atoms with Gasteiger partial charge in [0, 0.05) is 46.9 Å². The van der Waals surface area contributed by atoms with Crippen LogP contribution in [0.1, 0.15) is 60.8 Å². The van der Waals surface area contributed by atoms with Crippen LogP contribution in [0.4, 0.5) is 0 Å². The van der Waals surface area contributed by atoms with E-state index in [2.05, 4.69) is 30.7 Å². The Hall–Kier alpha value is -0.730. The van der Waals surface area contributed by atoms with Crippen molar-refractivity contribution in [3.8, 4) is 0 Å². The number of hydrogen-bond donors (Lipinski definition) is 0. The van der Waals surface area contributed by atoms with E-state index in [4.69, 9.17) is 14.2 Å². The highest BCUT2D eigenvalue weighted by molar-refractivity contribution is 5.46. The van der Waals surface area contributed by atoms with Gasteiger partial charge < -0.3 is 28.9 Å². The quantitative estimate of drug-likeness (QED) is 0.396. The lowest BCUT2D eigenvalue weighted by Crippen LogP contribution is -2.26. The number of carbonyl (C=O) groups is 1. The molecule has 1 unspecified atom stereocenters. The highest BCUT2D eigenvalue weighted by Crippen LogP contribution is 2.10. The fraction of sp³-hybridized carbons (Fsp3) is 0.958. The van der Waals surface area contributed by atoms with Crippen LogP contribution in [0.3, 0.4) is 0 Å². The zero-order valence-corrected chi connectivity index (χ0v) is 22.5. The molecule has 0 saturated carbocycles. The lowest BCUT2D eigenvalue weighted by atomic mass is 10.3. The first-order valence-corrected chi connectivity index (χ1v) is 12.1. The number of rotatable bonds is 9. The van der Waals surface area contributed by atoms with E-state index in [9.17, 15) is 4.79 Å². The monoisotopic (exact) mass is 449 g/mol. The third kappa shape index (κ3) is 23.8. The Balaban J connectivity index is -0.000000356. The zero-order valence-electron chi connectivity index (χ0n) is 22.5. The van der Waals surface area contributed by atoms with Crippen molar-refractivity contribution < 1.29 is 19.0 Å². The largest absolute Gasteiger partial charge is 0.383 e. The van der Waals surface area contributed by atoms with Gasteiger partial charge in [0.25, 0.3) is 0 Å². The minimum absolute atomic E-state index is 0.440. The van der Waals surface area contributed by atoms with Crippen molar-refractivity contribution >= 4 is 6.41 Å². The van der Waals surface area contributed by atoms with E-state index in [0.29, 0.717) is 25.9 Å². The van der Waals surface area contributed by atoms with Crippen LogP contribution in [0, 0.1) is 0 Å². The Kier molecular flexibility index (Phi) is 30.7. The number of nitrogens with zero attached hydrogens (tertiary/aromatic N) is 3. The fourth-order valence-corrected chi connectivity index (χ4v) is 2.87. The number of ether oxygens (including phenoxy) is 3. The van der Waals surface area contributed by atoms with Crippen molar-refractivity contribution in [2.24, 2.45) is 0 Å². The van der Waals surface area contributed by atoms with Gasteiger partial charge in [0.1, 0.15) is 0 Å². The van der Waals surface area contributed by atoms with Crippen LogP contribution in [0.25, 0.3) is 0 Å². The van der Waals surface area contributed by atoms with Gasteiger partial charge in [-0.15, -0.1) is 0 Å². The fourth-order valence-electron chi connectivity index (χ4n) is 2.87. The number of amides is 1. The first-order chi connectivity index (χ1) is 14.9. The first kappa shape index (κ1) is 34.9. The Morgan fingerprint density at radius 1 is 0.968 bits per heavy atom. The molecule has 2 aliphatic rings. The van der Waals surface area contributed by atoms with Crippen LogP contribution in [0.2, 0.25) is 0 Å². The van der Waals surface area contributed by atoms with E-state index in [1.165, 1.54) is 37.3 Å². The van der Waals surface area contributed by atoms with Crippen LogP contribution in [0.5, 0.6) is 0 Å². The van der Waals surface area contributed by atoms with E-state index >= 15 is 0 Å². The van der Waals surface area contributed by atoms with Gasteiger partial charge in [0.2, 0.25) is 6.41 Å².